The Labute approximate surface area is 111 Å². The zero-order chi connectivity index (χ0) is 14.0. The van der Waals surface area contributed by atoms with Crippen LogP contribution in [0, 0.1) is 24.5 Å². The summed E-state index contributed by atoms with van der Waals surface area (Å²) in [5.41, 5.74) is 0.940. The molecule has 19 heavy (non-hydrogen) atoms. The summed E-state index contributed by atoms with van der Waals surface area (Å²) in [6.45, 7) is 6.46. The second-order valence-corrected chi connectivity index (χ2v) is 5.02. The summed E-state index contributed by atoms with van der Waals surface area (Å²) in [4.78, 5) is 0. The van der Waals surface area contributed by atoms with Crippen LogP contribution in [0.1, 0.15) is 19.4 Å². The van der Waals surface area contributed by atoms with E-state index in [-0.39, 0.29) is 5.56 Å². The number of aromatic nitrogens is 2. The third-order valence-electron chi connectivity index (χ3n) is 2.81. The second-order valence-electron chi connectivity index (χ2n) is 5.02. The third kappa shape index (κ3) is 3.10. The van der Waals surface area contributed by atoms with E-state index in [0.717, 1.165) is 6.54 Å². The predicted molar refractivity (Wildman–Crippen MR) is 72.0 cm³/mol. The summed E-state index contributed by atoms with van der Waals surface area (Å²) >= 11 is 0. The van der Waals surface area contributed by atoms with Gasteiger partial charge in [-0.05, 0) is 30.5 Å². The van der Waals surface area contributed by atoms with E-state index in [2.05, 4.69) is 29.4 Å². The van der Waals surface area contributed by atoms with Crippen molar-refractivity contribution in [2.75, 3.05) is 11.9 Å². The van der Waals surface area contributed by atoms with Gasteiger partial charge in [0, 0.05) is 18.2 Å². The zero-order valence-corrected chi connectivity index (χ0v) is 11.2. The predicted octanol–water partition coefficient (Wildman–Crippen LogP) is 3.73. The number of rotatable bonds is 4. The van der Waals surface area contributed by atoms with Gasteiger partial charge in [-0.15, -0.1) is 0 Å². The molecular weight excluding hydrogens is 248 g/mol. The molecule has 0 radical (unpaired) electrons. The SMILES string of the molecule is Cc1cc(F)c(-c2cc(NCC(C)C)n[nH]2)cc1F. The van der Waals surface area contributed by atoms with Gasteiger partial charge in [0.15, 0.2) is 0 Å². The summed E-state index contributed by atoms with van der Waals surface area (Å²) in [6, 6.07) is 4.05. The summed E-state index contributed by atoms with van der Waals surface area (Å²) in [6.07, 6.45) is 0. The molecule has 3 nitrogen and oxygen atoms in total. The van der Waals surface area contributed by atoms with Gasteiger partial charge in [0.2, 0.25) is 0 Å². The fourth-order valence-corrected chi connectivity index (χ4v) is 1.71. The highest BCUT2D eigenvalue weighted by Crippen LogP contribution is 2.25. The Morgan fingerprint density at radius 2 is 1.95 bits per heavy atom. The van der Waals surface area contributed by atoms with Gasteiger partial charge in [-0.25, -0.2) is 8.78 Å². The number of aromatic amines is 1. The molecule has 1 heterocycles. The number of H-pyrrole nitrogens is 1. The zero-order valence-electron chi connectivity index (χ0n) is 11.2. The van der Waals surface area contributed by atoms with Crippen LogP contribution >= 0.6 is 0 Å². The molecule has 0 unspecified atom stereocenters. The largest absolute Gasteiger partial charge is 0.368 e. The molecule has 5 heteroatoms. The summed E-state index contributed by atoms with van der Waals surface area (Å²) in [5.74, 6) is 0.221. The lowest BCUT2D eigenvalue weighted by Gasteiger charge is -2.04. The molecule has 1 aromatic carbocycles. The molecule has 0 amide bonds. The van der Waals surface area contributed by atoms with E-state index in [1.165, 1.54) is 19.1 Å². The Morgan fingerprint density at radius 3 is 2.63 bits per heavy atom. The maximum absolute atomic E-state index is 13.8. The lowest BCUT2D eigenvalue weighted by molar-refractivity contribution is 0.594. The van der Waals surface area contributed by atoms with E-state index in [0.29, 0.717) is 23.0 Å². The van der Waals surface area contributed by atoms with Crippen molar-refractivity contribution >= 4 is 5.82 Å². The first kappa shape index (κ1) is 13.5. The van der Waals surface area contributed by atoms with Crippen molar-refractivity contribution in [3.05, 3.63) is 35.4 Å². The smallest absolute Gasteiger partial charge is 0.148 e. The Bertz CT molecular complexity index is 576. The van der Waals surface area contributed by atoms with E-state index < -0.39 is 11.6 Å². The molecule has 0 bridgehead atoms. The maximum atomic E-state index is 13.8. The minimum absolute atomic E-state index is 0.188. The number of benzene rings is 1. The second kappa shape index (κ2) is 5.38. The van der Waals surface area contributed by atoms with E-state index in [1.54, 1.807) is 6.07 Å². The van der Waals surface area contributed by atoms with Crippen molar-refractivity contribution in [1.29, 1.82) is 0 Å². The van der Waals surface area contributed by atoms with Crippen LogP contribution in [0.5, 0.6) is 0 Å². The molecule has 2 aromatic rings. The number of halogens is 2. The molecule has 0 aliphatic heterocycles. The van der Waals surface area contributed by atoms with E-state index >= 15 is 0 Å². The molecule has 2 N–H and O–H groups in total. The molecule has 102 valence electrons. The van der Waals surface area contributed by atoms with Gasteiger partial charge in [-0.3, -0.25) is 5.10 Å². The van der Waals surface area contributed by atoms with Gasteiger partial charge < -0.3 is 5.32 Å². The number of aryl methyl sites for hydroxylation is 1. The summed E-state index contributed by atoms with van der Waals surface area (Å²) in [7, 11) is 0. The first-order valence-electron chi connectivity index (χ1n) is 6.22. The molecule has 2 rings (SSSR count). The van der Waals surface area contributed by atoms with Crippen molar-refractivity contribution in [2.24, 2.45) is 5.92 Å². The fourth-order valence-electron chi connectivity index (χ4n) is 1.71. The Morgan fingerprint density at radius 1 is 1.21 bits per heavy atom. The van der Waals surface area contributed by atoms with Crippen LogP contribution in [-0.4, -0.2) is 16.7 Å². The molecule has 0 saturated carbocycles. The van der Waals surface area contributed by atoms with Gasteiger partial charge in [0.25, 0.3) is 0 Å². The van der Waals surface area contributed by atoms with Gasteiger partial charge in [-0.1, -0.05) is 13.8 Å². The first-order chi connectivity index (χ1) is 8.97. The van der Waals surface area contributed by atoms with E-state index in [1.807, 2.05) is 0 Å². The van der Waals surface area contributed by atoms with Crippen molar-refractivity contribution in [1.82, 2.24) is 10.2 Å². The minimum Gasteiger partial charge on any atom is -0.368 e. The van der Waals surface area contributed by atoms with Gasteiger partial charge >= 0.3 is 0 Å². The highest BCUT2D eigenvalue weighted by molar-refractivity contribution is 5.64. The molecule has 0 spiro atoms. The summed E-state index contributed by atoms with van der Waals surface area (Å²) in [5, 5.41) is 9.87. The fraction of sp³-hybridized carbons (Fsp3) is 0.357. The Kier molecular flexibility index (Phi) is 3.83. The van der Waals surface area contributed by atoms with Crippen LogP contribution < -0.4 is 5.32 Å². The molecule has 0 fully saturated rings. The highest BCUT2D eigenvalue weighted by atomic mass is 19.1. The quantitative estimate of drug-likeness (QED) is 0.884. The lowest BCUT2D eigenvalue weighted by Crippen LogP contribution is -2.07. The van der Waals surface area contributed by atoms with Crippen LogP contribution in [-0.2, 0) is 0 Å². The lowest BCUT2D eigenvalue weighted by atomic mass is 10.1. The number of nitrogens with zero attached hydrogens (tertiary/aromatic N) is 1. The van der Waals surface area contributed by atoms with Crippen molar-refractivity contribution in [3.63, 3.8) is 0 Å². The molecule has 0 aliphatic carbocycles. The normalized spacial score (nSPS) is 11.1. The van der Waals surface area contributed by atoms with Crippen LogP contribution in [0.15, 0.2) is 18.2 Å². The Balaban J connectivity index is 2.25. The number of nitrogens with one attached hydrogen (secondary N) is 2. The van der Waals surface area contributed by atoms with Crippen molar-refractivity contribution < 1.29 is 8.78 Å². The van der Waals surface area contributed by atoms with E-state index in [4.69, 9.17) is 0 Å². The van der Waals surface area contributed by atoms with Gasteiger partial charge in [0.05, 0.1) is 5.69 Å². The summed E-state index contributed by atoms with van der Waals surface area (Å²) < 4.78 is 27.3. The average Bonchev–Trinajstić information content (AvgIpc) is 2.80. The standard InChI is InChI=1S/C14H17F2N3/c1-8(2)7-17-14-6-13(18-19-14)10-5-11(15)9(3)4-12(10)16/h4-6,8H,7H2,1-3H3,(H2,17,18,19). The average molecular weight is 265 g/mol. The maximum Gasteiger partial charge on any atom is 0.148 e. The number of anilines is 1. The van der Waals surface area contributed by atoms with Crippen molar-refractivity contribution in [3.8, 4) is 11.3 Å². The molecule has 0 aliphatic rings. The van der Waals surface area contributed by atoms with Crippen LogP contribution in [0.25, 0.3) is 11.3 Å². The minimum atomic E-state index is -0.460. The third-order valence-corrected chi connectivity index (χ3v) is 2.81. The topological polar surface area (TPSA) is 40.7 Å². The molecule has 0 atom stereocenters. The van der Waals surface area contributed by atoms with Crippen LogP contribution in [0.2, 0.25) is 0 Å². The molecule has 1 aromatic heterocycles. The molecule has 0 saturated heterocycles. The number of hydrogen-bond donors (Lipinski definition) is 2. The van der Waals surface area contributed by atoms with Gasteiger partial charge in [0.1, 0.15) is 17.5 Å². The van der Waals surface area contributed by atoms with Crippen molar-refractivity contribution in [2.45, 2.75) is 20.8 Å². The highest BCUT2D eigenvalue weighted by Gasteiger charge is 2.12. The van der Waals surface area contributed by atoms with Crippen LogP contribution in [0.3, 0.4) is 0 Å². The monoisotopic (exact) mass is 265 g/mol. The Hall–Kier alpha value is -1.91. The van der Waals surface area contributed by atoms with E-state index in [9.17, 15) is 8.78 Å². The van der Waals surface area contributed by atoms with Crippen LogP contribution in [0.4, 0.5) is 14.6 Å². The molecular formula is C14H17F2N3. The van der Waals surface area contributed by atoms with Gasteiger partial charge in [-0.2, -0.15) is 5.10 Å². The first-order valence-corrected chi connectivity index (χ1v) is 6.22. The number of hydrogen-bond acceptors (Lipinski definition) is 2.